The molecule has 0 aromatic heterocycles. The molecule has 2 fully saturated rings. The van der Waals surface area contributed by atoms with Crippen molar-refractivity contribution in [3.05, 3.63) is 0 Å². The molecule has 1 N–H and O–H groups in total. The summed E-state index contributed by atoms with van der Waals surface area (Å²) in [6, 6.07) is 0.109. The third-order valence-corrected chi connectivity index (χ3v) is 3.79. The smallest absolute Gasteiger partial charge is 0.317 e. The van der Waals surface area contributed by atoms with Crippen molar-refractivity contribution in [2.45, 2.75) is 32.7 Å². The van der Waals surface area contributed by atoms with Gasteiger partial charge in [0.05, 0.1) is 12.5 Å². The quantitative estimate of drug-likeness (QED) is 0.810. The fourth-order valence-corrected chi connectivity index (χ4v) is 2.67. The van der Waals surface area contributed by atoms with Gasteiger partial charge < -0.3 is 19.9 Å². The average Bonchev–Trinajstić information content (AvgIpc) is 2.81. The van der Waals surface area contributed by atoms with E-state index in [9.17, 15) is 9.59 Å². The first-order valence-electron chi connectivity index (χ1n) is 7.50. The molecule has 1 unspecified atom stereocenters. The predicted molar refractivity (Wildman–Crippen MR) is 75.4 cm³/mol. The SMILES string of the molecule is CC(C)NC(=O)N1CCCN(C(=O)C2CCOC2)CC1. The van der Waals surface area contributed by atoms with Crippen molar-refractivity contribution in [3.8, 4) is 0 Å². The lowest BCUT2D eigenvalue weighted by atomic mass is 10.1. The zero-order valence-corrected chi connectivity index (χ0v) is 12.4. The number of amides is 3. The van der Waals surface area contributed by atoms with Crippen LogP contribution in [0.2, 0.25) is 0 Å². The van der Waals surface area contributed by atoms with E-state index in [0.29, 0.717) is 32.8 Å². The van der Waals surface area contributed by atoms with E-state index < -0.39 is 0 Å². The molecule has 20 heavy (non-hydrogen) atoms. The highest BCUT2D eigenvalue weighted by molar-refractivity contribution is 5.79. The molecule has 2 rings (SSSR count). The van der Waals surface area contributed by atoms with Crippen LogP contribution in [0.3, 0.4) is 0 Å². The number of carbonyl (C=O) groups is 2. The molecule has 2 heterocycles. The first-order chi connectivity index (χ1) is 9.58. The van der Waals surface area contributed by atoms with Gasteiger partial charge in [0.1, 0.15) is 0 Å². The van der Waals surface area contributed by atoms with Crippen LogP contribution in [0.1, 0.15) is 26.7 Å². The van der Waals surface area contributed by atoms with Gasteiger partial charge in [-0.2, -0.15) is 0 Å². The first-order valence-corrected chi connectivity index (χ1v) is 7.50. The standard InChI is InChI=1S/C14H25N3O3/c1-11(2)15-14(19)17-6-3-5-16(7-8-17)13(18)12-4-9-20-10-12/h11-12H,3-10H2,1-2H3,(H,15,19). The van der Waals surface area contributed by atoms with Gasteiger partial charge in [0.2, 0.25) is 5.91 Å². The van der Waals surface area contributed by atoms with E-state index in [0.717, 1.165) is 19.4 Å². The van der Waals surface area contributed by atoms with Crippen molar-refractivity contribution < 1.29 is 14.3 Å². The highest BCUT2D eigenvalue weighted by Crippen LogP contribution is 2.17. The number of nitrogens with zero attached hydrogens (tertiary/aromatic N) is 2. The van der Waals surface area contributed by atoms with Crippen LogP contribution in [0.25, 0.3) is 0 Å². The van der Waals surface area contributed by atoms with E-state index in [4.69, 9.17) is 4.74 Å². The van der Waals surface area contributed by atoms with Crippen LogP contribution >= 0.6 is 0 Å². The Morgan fingerprint density at radius 1 is 1.15 bits per heavy atom. The van der Waals surface area contributed by atoms with Gasteiger partial charge in [-0.15, -0.1) is 0 Å². The van der Waals surface area contributed by atoms with E-state index in [1.165, 1.54) is 0 Å². The molecular weight excluding hydrogens is 258 g/mol. The van der Waals surface area contributed by atoms with Crippen molar-refractivity contribution >= 4 is 11.9 Å². The fraction of sp³-hybridized carbons (Fsp3) is 0.857. The largest absolute Gasteiger partial charge is 0.381 e. The molecule has 0 radical (unpaired) electrons. The summed E-state index contributed by atoms with van der Waals surface area (Å²) in [6.45, 7) is 7.82. The second-order valence-electron chi connectivity index (χ2n) is 5.83. The minimum Gasteiger partial charge on any atom is -0.381 e. The number of carbonyl (C=O) groups excluding carboxylic acids is 2. The summed E-state index contributed by atoms with van der Waals surface area (Å²) < 4.78 is 5.28. The summed E-state index contributed by atoms with van der Waals surface area (Å²) in [5.74, 6) is 0.208. The number of urea groups is 1. The molecule has 1 atom stereocenters. The normalized spacial score (nSPS) is 23.9. The highest BCUT2D eigenvalue weighted by atomic mass is 16.5. The lowest BCUT2D eigenvalue weighted by molar-refractivity contribution is -0.135. The highest BCUT2D eigenvalue weighted by Gasteiger charge is 2.29. The molecule has 3 amide bonds. The number of rotatable bonds is 2. The lowest BCUT2D eigenvalue weighted by Gasteiger charge is -2.24. The van der Waals surface area contributed by atoms with Gasteiger partial charge in [0, 0.05) is 38.8 Å². The van der Waals surface area contributed by atoms with Gasteiger partial charge in [0.15, 0.2) is 0 Å². The summed E-state index contributed by atoms with van der Waals surface area (Å²) in [4.78, 5) is 28.0. The lowest BCUT2D eigenvalue weighted by Crippen LogP contribution is -2.45. The van der Waals surface area contributed by atoms with Gasteiger partial charge in [-0.3, -0.25) is 4.79 Å². The Morgan fingerprint density at radius 2 is 1.85 bits per heavy atom. The Morgan fingerprint density at radius 3 is 2.50 bits per heavy atom. The van der Waals surface area contributed by atoms with Crippen LogP contribution in [0, 0.1) is 5.92 Å². The topological polar surface area (TPSA) is 61.9 Å². The predicted octanol–water partition coefficient (Wildman–Crippen LogP) is 0.675. The number of hydrogen-bond donors (Lipinski definition) is 1. The fourth-order valence-electron chi connectivity index (χ4n) is 2.67. The maximum Gasteiger partial charge on any atom is 0.317 e. The van der Waals surface area contributed by atoms with Crippen LogP contribution in [0.15, 0.2) is 0 Å². The van der Waals surface area contributed by atoms with E-state index in [1.54, 1.807) is 4.90 Å². The first kappa shape index (κ1) is 15.1. The van der Waals surface area contributed by atoms with Crippen LogP contribution in [0.5, 0.6) is 0 Å². The van der Waals surface area contributed by atoms with Crippen molar-refractivity contribution in [3.63, 3.8) is 0 Å². The molecule has 0 aromatic rings. The molecule has 2 aliphatic heterocycles. The Hall–Kier alpha value is -1.30. The molecule has 0 saturated carbocycles. The molecule has 114 valence electrons. The minimum atomic E-state index is -0.0292. The Kier molecular flexibility index (Phi) is 5.23. The van der Waals surface area contributed by atoms with Gasteiger partial charge in [-0.05, 0) is 26.7 Å². The van der Waals surface area contributed by atoms with Crippen molar-refractivity contribution in [2.75, 3.05) is 39.4 Å². The van der Waals surface area contributed by atoms with E-state index >= 15 is 0 Å². The summed E-state index contributed by atoms with van der Waals surface area (Å²) in [5.41, 5.74) is 0. The molecule has 0 aromatic carbocycles. The number of ether oxygens (including phenoxy) is 1. The van der Waals surface area contributed by atoms with E-state index in [2.05, 4.69) is 5.32 Å². The zero-order valence-electron chi connectivity index (χ0n) is 12.4. The number of nitrogens with one attached hydrogen (secondary N) is 1. The second-order valence-corrected chi connectivity index (χ2v) is 5.83. The maximum absolute atomic E-state index is 12.3. The molecule has 0 aliphatic carbocycles. The average molecular weight is 283 g/mol. The summed E-state index contributed by atoms with van der Waals surface area (Å²) >= 11 is 0. The third-order valence-electron chi connectivity index (χ3n) is 3.79. The Balaban J connectivity index is 1.85. The van der Waals surface area contributed by atoms with Crippen LogP contribution in [-0.4, -0.2) is 67.2 Å². The summed E-state index contributed by atoms with van der Waals surface area (Å²) in [6.07, 6.45) is 1.66. The maximum atomic E-state index is 12.3. The molecule has 2 aliphatic rings. The van der Waals surface area contributed by atoms with Crippen LogP contribution < -0.4 is 5.32 Å². The molecule has 2 saturated heterocycles. The minimum absolute atomic E-state index is 0.0195. The Bertz CT molecular complexity index is 354. The van der Waals surface area contributed by atoms with Gasteiger partial charge in [0.25, 0.3) is 0 Å². The van der Waals surface area contributed by atoms with Crippen molar-refractivity contribution in [1.82, 2.24) is 15.1 Å². The van der Waals surface area contributed by atoms with E-state index in [-0.39, 0.29) is 23.9 Å². The molecule has 0 bridgehead atoms. The summed E-state index contributed by atoms with van der Waals surface area (Å²) in [7, 11) is 0. The van der Waals surface area contributed by atoms with Gasteiger partial charge >= 0.3 is 6.03 Å². The van der Waals surface area contributed by atoms with Crippen LogP contribution in [-0.2, 0) is 9.53 Å². The zero-order chi connectivity index (χ0) is 14.5. The molecule has 6 heteroatoms. The van der Waals surface area contributed by atoms with Crippen molar-refractivity contribution in [2.24, 2.45) is 5.92 Å². The van der Waals surface area contributed by atoms with E-state index in [1.807, 2.05) is 18.7 Å². The molecular formula is C14H25N3O3. The van der Waals surface area contributed by atoms with Gasteiger partial charge in [-0.1, -0.05) is 0 Å². The van der Waals surface area contributed by atoms with Crippen molar-refractivity contribution in [1.29, 1.82) is 0 Å². The summed E-state index contributed by atoms with van der Waals surface area (Å²) in [5, 5.41) is 2.90. The second kappa shape index (κ2) is 6.92. The van der Waals surface area contributed by atoms with Crippen LogP contribution in [0.4, 0.5) is 4.79 Å². The monoisotopic (exact) mass is 283 g/mol. The Labute approximate surface area is 120 Å². The molecule has 6 nitrogen and oxygen atoms in total. The number of hydrogen-bond acceptors (Lipinski definition) is 3. The van der Waals surface area contributed by atoms with Gasteiger partial charge in [-0.25, -0.2) is 4.79 Å². The molecule has 0 spiro atoms. The third kappa shape index (κ3) is 3.85.